The Labute approximate surface area is 201 Å². The Morgan fingerprint density at radius 3 is 2.15 bits per heavy atom. The maximum absolute atomic E-state index is 10.7. The number of aromatic nitrogens is 1. The van der Waals surface area contributed by atoms with Gasteiger partial charge in [0, 0.05) is 49.3 Å². The molecule has 5 rings (SSSR count). The summed E-state index contributed by atoms with van der Waals surface area (Å²) in [6, 6.07) is 29.8. The van der Waals surface area contributed by atoms with Crippen molar-refractivity contribution in [2.24, 2.45) is 0 Å². The fourth-order valence-electron chi connectivity index (χ4n) is 5.02. The van der Waals surface area contributed by atoms with Crippen LogP contribution in [0, 0.1) is 6.92 Å². The number of fused-ring (bicyclic) bond motifs is 1. The van der Waals surface area contributed by atoms with Crippen LogP contribution in [0.2, 0.25) is 0 Å². The van der Waals surface area contributed by atoms with Gasteiger partial charge in [-0.05, 0) is 36.2 Å². The molecule has 1 aromatic heterocycles. The summed E-state index contributed by atoms with van der Waals surface area (Å²) in [4.78, 5) is 8.23. The Morgan fingerprint density at radius 1 is 0.853 bits per heavy atom. The maximum Gasteiger partial charge on any atom is 0.128 e. The summed E-state index contributed by atoms with van der Waals surface area (Å²) < 4.78 is 6.00. The number of β-amino-alcohol motifs (C(OH)–C–C–N with tert-alkyl or cyclic N) is 1. The highest BCUT2D eigenvalue weighted by molar-refractivity contribution is 5.86. The molecule has 1 atom stereocenters. The van der Waals surface area contributed by atoms with E-state index < -0.39 is 6.10 Å². The van der Waals surface area contributed by atoms with Crippen molar-refractivity contribution in [1.29, 1.82) is 0 Å². The van der Waals surface area contributed by atoms with E-state index in [1.54, 1.807) is 0 Å². The van der Waals surface area contributed by atoms with Crippen molar-refractivity contribution >= 4 is 10.9 Å². The van der Waals surface area contributed by atoms with Crippen LogP contribution in [0.1, 0.15) is 22.9 Å². The van der Waals surface area contributed by atoms with Crippen molar-refractivity contribution in [3.8, 4) is 5.75 Å². The number of hydrogen-bond acceptors (Lipinski definition) is 4. The third kappa shape index (κ3) is 5.17. The zero-order chi connectivity index (χ0) is 23.3. The fraction of sp³-hybridized carbons (Fsp3) is 0.310. The molecule has 0 aliphatic carbocycles. The Kier molecular flexibility index (Phi) is 6.95. The van der Waals surface area contributed by atoms with Gasteiger partial charge in [-0.1, -0.05) is 66.7 Å². The van der Waals surface area contributed by atoms with Crippen molar-refractivity contribution in [3.63, 3.8) is 0 Å². The Morgan fingerprint density at radius 2 is 1.50 bits per heavy atom. The van der Waals surface area contributed by atoms with Gasteiger partial charge in [0.1, 0.15) is 18.5 Å². The average molecular weight is 456 g/mol. The highest BCUT2D eigenvalue weighted by atomic mass is 16.5. The number of nitrogens with one attached hydrogen (secondary N) is 1. The molecule has 1 aliphatic heterocycles. The summed E-state index contributed by atoms with van der Waals surface area (Å²) in [5.41, 5.74) is 4.82. The summed E-state index contributed by atoms with van der Waals surface area (Å²) in [7, 11) is 0. The van der Waals surface area contributed by atoms with E-state index >= 15 is 0 Å². The number of aliphatic hydroxyl groups is 1. The Bertz CT molecular complexity index is 1140. The lowest BCUT2D eigenvalue weighted by atomic mass is 9.96. The van der Waals surface area contributed by atoms with Crippen molar-refractivity contribution in [2.75, 3.05) is 39.3 Å². The molecule has 3 aromatic carbocycles. The van der Waals surface area contributed by atoms with Gasteiger partial charge in [-0.3, -0.25) is 9.80 Å². The number of nitrogens with zero attached hydrogens (tertiary/aromatic N) is 2. The first-order valence-electron chi connectivity index (χ1n) is 12.1. The summed E-state index contributed by atoms with van der Waals surface area (Å²) >= 11 is 0. The predicted molar refractivity (Wildman–Crippen MR) is 137 cm³/mol. The summed E-state index contributed by atoms with van der Waals surface area (Å²) in [6.07, 6.45) is -0.527. The number of benzene rings is 3. The molecule has 0 amide bonds. The molecule has 0 bridgehead atoms. The van der Waals surface area contributed by atoms with Crippen molar-refractivity contribution in [1.82, 2.24) is 14.8 Å². The molecule has 1 aliphatic rings. The second-order valence-corrected chi connectivity index (χ2v) is 9.20. The van der Waals surface area contributed by atoms with E-state index in [1.165, 1.54) is 11.1 Å². The SMILES string of the molecule is Cc1cc2c(OCC(O)CN3CCN(C(c4ccccc4)c4ccccc4)CC3)cccc2[nH]1. The van der Waals surface area contributed by atoms with Gasteiger partial charge >= 0.3 is 0 Å². The topological polar surface area (TPSA) is 51.7 Å². The van der Waals surface area contributed by atoms with Crippen LogP contribution in [0.15, 0.2) is 84.9 Å². The van der Waals surface area contributed by atoms with Gasteiger partial charge in [0.05, 0.1) is 6.04 Å². The number of hydrogen-bond donors (Lipinski definition) is 2. The Hall–Kier alpha value is -3.12. The zero-order valence-electron chi connectivity index (χ0n) is 19.7. The van der Waals surface area contributed by atoms with Crippen LogP contribution in [-0.2, 0) is 0 Å². The third-order valence-corrected chi connectivity index (χ3v) is 6.66. The van der Waals surface area contributed by atoms with Crippen molar-refractivity contribution in [2.45, 2.75) is 19.1 Å². The molecule has 1 saturated heterocycles. The lowest BCUT2D eigenvalue weighted by Crippen LogP contribution is -2.50. The second-order valence-electron chi connectivity index (χ2n) is 9.20. The molecule has 1 unspecified atom stereocenters. The number of H-pyrrole nitrogens is 1. The quantitative estimate of drug-likeness (QED) is 0.407. The molecular weight excluding hydrogens is 422 g/mol. The largest absolute Gasteiger partial charge is 0.490 e. The maximum atomic E-state index is 10.7. The highest BCUT2D eigenvalue weighted by Crippen LogP contribution is 2.30. The van der Waals surface area contributed by atoms with Crippen LogP contribution < -0.4 is 4.74 Å². The van der Waals surface area contributed by atoms with Crippen LogP contribution in [0.3, 0.4) is 0 Å². The van der Waals surface area contributed by atoms with Gasteiger partial charge in [0.15, 0.2) is 0 Å². The summed E-state index contributed by atoms with van der Waals surface area (Å²) in [5.74, 6) is 0.819. The molecule has 5 nitrogen and oxygen atoms in total. The average Bonchev–Trinajstić information content (AvgIpc) is 3.26. The number of aryl methyl sites for hydroxylation is 1. The minimum atomic E-state index is -0.527. The molecule has 2 N–H and O–H groups in total. The lowest BCUT2D eigenvalue weighted by Gasteiger charge is -2.40. The van der Waals surface area contributed by atoms with Crippen molar-refractivity contribution < 1.29 is 9.84 Å². The third-order valence-electron chi connectivity index (χ3n) is 6.66. The molecule has 4 aromatic rings. The minimum Gasteiger partial charge on any atom is -0.490 e. The minimum absolute atomic E-state index is 0.253. The number of aliphatic hydroxyl groups excluding tert-OH is 1. The number of rotatable bonds is 8. The first-order valence-corrected chi connectivity index (χ1v) is 12.1. The van der Waals surface area contributed by atoms with E-state index in [0.717, 1.165) is 48.5 Å². The lowest BCUT2D eigenvalue weighted by molar-refractivity contribution is 0.0404. The molecule has 0 saturated carbocycles. The molecular formula is C29H33N3O2. The second kappa shape index (κ2) is 10.4. The smallest absolute Gasteiger partial charge is 0.128 e. The highest BCUT2D eigenvalue weighted by Gasteiger charge is 2.27. The molecule has 0 radical (unpaired) electrons. The standard InChI is InChI=1S/C29H33N3O2/c1-22-19-26-27(30-22)13-8-14-28(26)34-21-25(33)20-31-15-17-32(18-16-31)29(23-9-4-2-5-10-23)24-11-6-3-7-12-24/h2-14,19,25,29-30,33H,15-18,20-21H2,1H3. The molecule has 2 heterocycles. The number of ether oxygens (including phenoxy) is 1. The summed E-state index contributed by atoms with van der Waals surface area (Å²) in [6.45, 7) is 6.74. The monoisotopic (exact) mass is 455 g/mol. The van der Waals surface area contributed by atoms with Crippen LogP contribution in [0.25, 0.3) is 10.9 Å². The van der Waals surface area contributed by atoms with Crippen LogP contribution in [-0.4, -0.2) is 65.3 Å². The van der Waals surface area contributed by atoms with E-state index in [9.17, 15) is 5.11 Å². The molecule has 176 valence electrons. The van der Waals surface area contributed by atoms with Crippen molar-refractivity contribution in [3.05, 3.63) is 102 Å². The van der Waals surface area contributed by atoms with Gasteiger partial charge in [-0.15, -0.1) is 0 Å². The number of piperazine rings is 1. The Balaban J connectivity index is 1.17. The van der Waals surface area contributed by atoms with Gasteiger partial charge in [0.25, 0.3) is 0 Å². The first kappa shape index (κ1) is 22.7. The number of aromatic amines is 1. The molecule has 34 heavy (non-hydrogen) atoms. The molecule has 5 heteroatoms. The zero-order valence-corrected chi connectivity index (χ0v) is 19.7. The summed E-state index contributed by atoms with van der Waals surface area (Å²) in [5, 5.41) is 11.7. The van der Waals surface area contributed by atoms with Gasteiger partial charge in [-0.25, -0.2) is 0 Å². The van der Waals surface area contributed by atoms with E-state index in [2.05, 4.69) is 81.5 Å². The van der Waals surface area contributed by atoms with Gasteiger partial charge in [-0.2, -0.15) is 0 Å². The predicted octanol–water partition coefficient (Wildman–Crippen LogP) is 4.62. The van der Waals surface area contributed by atoms with Gasteiger partial charge in [0.2, 0.25) is 0 Å². The first-order chi connectivity index (χ1) is 16.7. The fourth-order valence-corrected chi connectivity index (χ4v) is 5.02. The molecule has 0 spiro atoms. The van der Waals surface area contributed by atoms with Gasteiger partial charge < -0.3 is 14.8 Å². The van der Waals surface area contributed by atoms with E-state index in [4.69, 9.17) is 4.74 Å². The van der Waals surface area contributed by atoms with E-state index in [1.807, 2.05) is 25.1 Å². The van der Waals surface area contributed by atoms with E-state index in [0.29, 0.717) is 13.2 Å². The van der Waals surface area contributed by atoms with Crippen LogP contribution >= 0.6 is 0 Å². The van der Waals surface area contributed by atoms with Crippen LogP contribution in [0.5, 0.6) is 5.75 Å². The van der Waals surface area contributed by atoms with E-state index in [-0.39, 0.29) is 6.04 Å². The van der Waals surface area contributed by atoms with Crippen LogP contribution in [0.4, 0.5) is 0 Å². The normalized spacial score (nSPS) is 16.2. The molecule has 1 fully saturated rings.